The van der Waals surface area contributed by atoms with Crippen LogP contribution in [0.15, 0.2) is 18.2 Å². The van der Waals surface area contributed by atoms with Gasteiger partial charge in [0.15, 0.2) is 0 Å². The third-order valence-electron chi connectivity index (χ3n) is 5.05. The lowest BCUT2D eigenvalue weighted by atomic mass is 10.1. The second-order valence-corrected chi connectivity index (χ2v) is 6.25. The molecule has 0 fully saturated rings. The Bertz CT molecular complexity index is 698. The molecule has 0 unspecified atom stereocenters. The van der Waals surface area contributed by atoms with Crippen molar-refractivity contribution < 1.29 is 4.79 Å². The van der Waals surface area contributed by atoms with Gasteiger partial charge in [0, 0.05) is 49.3 Å². The van der Waals surface area contributed by atoms with Crippen LogP contribution in [0.5, 0.6) is 0 Å². The molecule has 1 amide bonds. The number of hydrogen-bond acceptors (Lipinski definition) is 2. The first-order valence-corrected chi connectivity index (χ1v) is 8.44. The molecule has 0 radical (unpaired) electrons. The molecule has 0 aliphatic heterocycles. The third kappa shape index (κ3) is 3.42. The minimum Gasteiger partial charge on any atom is -0.348 e. The number of amides is 1. The first-order chi connectivity index (χ1) is 10.9. The highest BCUT2D eigenvalue weighted by Crippen LogP contribution is 2.25. The Kier molecular flexibility index (Phi) is 5.47. The van der Waals surface area contributed by atoms with Gasteiger partial charge in [-0.2, -0.15) is 0 Å². The summed E-state index contributed by atoms with van der Waals surface area (Å²) in [6, 6.07) is 6.03. The zero-order chi connectivity index (χ0) is 17.1. The van der Waals surface area contributed by atoms with Crippen molar-refractivity contribution in [3.63, 3.8) is 0 Å². The molecule has 126 valence electrons. The standard InChI is InChI=1S/C19H29N3O/c1-7-22(8-2)12-11-20(5)19(23)16-9-10-18-17(13-16)14(3)15(4)21(18)6/h9-10,13H,7-8,11-12H2,1-6H3. The third-order valence-corrected chi connectivity index (χ3v) is 5.05. The summed E-state index contributed by atoms with van der Waals surface area (Å²) >= 11 is 0. The zero-order valence-corrected chi connectivity index (χ0v) is 15.3. The quantitative estimate of drug-likeness (QED) is 0.819. The summed E-state index contributed by atoms with van der Waals surface area (Å²) in [6.07, 6.45) is 0. The molecule has 0 aliphatic carbocycles. The van der Waals surface area contributed by atoms with Gasteiger partial charge in [-0.15, -0.1) is 0 Å². The van der Waals surface area contributed by atoms with Gasteiger partial charge in [0.05, 0.1) is 0 Å². The van der Waals surface area contributed by atoms with Crippen LogP contribution < -0.4 is 0 Å². The van der Waals surface area contributed by atoms with Gasteiger partial charge in [0.25, 0.3) is 5.91 Å². The molecule has 0 spiro atoms. The molecule has 1 heterocycles. The van der Waals surface area contributed by atoms with Crippen molar-refractivity contribution in [1.82, 2.24) is 14.4 Å². The Morgan fingerprint density at radius 2 is 1.78 bits per heavy atom. The number of aromatic nitrogens is 1. The van der Waals surface area contributed by atoms with Crippen LogP contribution in [0.1, 0.15) is 35.5 Å². The summed E-state index contributed by atoms with van der Waals surface area (Å²) in [7, 11) is 3.96. The molecular weight excluding hydrogens is 286 g/mol. The van der Waals surface area contributed by atoms with Gasteiger partial charge in [0.1, 0.15) is 0 Å². The maximum atomic E-state index is 12.7. The summed E-state index contributed by atoms with van der Waals surface area (Å²) in [4.78, 5) is 16.8. The van der Waals surface area contributed by atoms with E-state index < -0.39 is 0 Å². The van der Waals surface area contributed by atoms with E-state index in [0.717, 1.165) is 31.7 Å². The Morgan fingerprint density at radius 3 is 2.39 bits per heavy atom. The van der Waals surface area contributed by atoms with Crippen molar-refractivity contribution in [2.45, 2.75) is 27.7 Å². The molecule has 1 aromatic heterocycles. The minimum absolute atomic E-state index is 0.0972. The van der Waals surface area contributed by atoms with E-state index in [1.54, 1.807) is 0 Å². The van der Waals surface area contributed by atoms with Crippen LogP contribution in [-0.4, -0.2) is 53.5 Å². The molecule has 0 saturated carbocycles. The van der Waals surface area contributed by atoms with Crippen LogP contribution in [0.2, 0.25) is 0 Å². The summed E-state index contributed by atoms with van der Waals surface area (Å²) < 4.78 is 2.18. The van der Waals surface area contributed by atoms with Crippen molar-refractivity contribution in [3.8, 4) is 0 Å². The van der Waals surface area contributed by atoms with Crippen LogP contribution in [0.3, 0.4) is 0 Å². The van der Waals surface area contributed by atoms with Crippen molar-refractivity contribution in [2.75, 3.05) is 33.2 Å². The summed E-state index contributed by atoms with van der Waals surface area (Å²) in [5.41, 5.74) is 4.46. The fourth-order valence-corrected chi connectivity index (χ4v) is 3.04. The summed E-state index contributed by atoms with van der Waals surface area (Å²) in [5.74, 6) is 0.0972. The number of hydrogen-bond donors (Lipinski definition) is 0. The monoisotopic (exact) mass is 315 g/mol. The molecule has 2 rings (SSSR count). The van der Waals surface area contributed by atoms with Crippen LogP contribution in [0.25, 0.3) is 10.9 Å². The maximum absolute atomic E-state index is 12.7. The molecule has 4 heteroatoms. The Labute approximate surface area is 139 Å². The lowest BCUT2D eigenvalue weighted by Crippen LogP contribution is -2.36. The molecule has 4 nitrogen and oxygen atoms in total. The van der Waals surface area contributed by atoms with E-state index in [9.17, 15) is 4.79 Å². The van der Waals surface area contributed by atoms with E-state index in [2.05, 4.69) is 50.3 Å². The highest BCUT2D eigenvalue weighted by molar-refractivity contribution is 5.99. The number of nitrogens with zero attached hydrogens (tertiary/aromatic N) is 3. The first-order valence-electron chi connectivity index (χ1n) is 8.44. The van der Waals surface area contributed by atoms with Crippen molar-refractivity contribution >= 4 is 16.8 Å². The van der Waals surface area contributed by atoms with Crippen molar-refractivity contribution in [1.29, 1.82) is 0 Å². The second kappa shape index (κ2) is 7.18. The number of aryl methyl sites for hydroxylation is 2. The first kappa shape index (κ1) is 17.5. The number of carbonyl (C=O) groups excluding carboxylic acids is 1. The Hall–Kier alpha value is -1.81. The minimum atomic E-state index is 0.0972. The molecule has 0 saturated heterocycles. The molecule has 0 atom stereocenters. The van der Waals surface area contributed by atoms with E-state index in [0.29, 0.717) is 0 Å². The Morgan fingerprint density at radius 1 is 1.13 bits per heavy atom. The topological polar surface area (TPSA) is 28.5 Å². The molecule has 0 bridgehead atoms. The highest BCUT2D eigenvalue weighted by Gasteiger charge is 2.15. The molecule has 1 aromatic carbocycles. The van der Waals surface area contributed by atoms with E-state index in [4.69, 9.17) is 0 Å². The molecular formula is C19H29N3O. The van der Waals surface area contributed by atoms with E-state index in [-0.39, 0.29) is 5.91 Å². The number of carbonyl (C=O) groups is 1. The maximum Gasteiger partial charge on any atom is 0.253 e. The lowest BCUT2D eigenvalue weighted by Gasteiger charge is -2.23. The van der Waals surface area contributed by atoms with Gasteiger partial charge in [-0.25, -0.2) is 0 Å². The number of benzene rings is 1. The van der Waals surface area contributed by atoms with Crippen molar-refractivity contribution in [2.24, 2.45) is 7.05 Å². The van der Waals surface area contributed by atoms with Gasteiger partial charge < -0.3 is 14.4 Å². The number of rotatable bonds is 6. The number of fused-ring (bicyclic) bond motifs is 1. The van der Waals surface area contributed by atoms with Crippen LogP contribution >= 0.6 is 0 Å². The van der Waals surface area contributed by atoms with E-state index in [1.165, 1.54) is 22.2 Å². The molecule has 2 aromatic rings. The molecule has 0 aliphatic rings. The van der Waals surface area contributed by atoms with Gasteiger partial charge in [0.2, 0.25) is 0 Å². The SMILES string of the molecule is CCN(CC)CCN(C)C(=O)c1ccc2c(c1)c(C)c(C)n2C. The predicted molar refractivity (Wildman–Crippen MR) is 97.1 cm³/mol. The summed E-state index contributed by atoms with van der Waals surface area (Å²) in [5, 5.41) is 1.17. The fraction of sp³-hybridized carbons (Fsp3) is 0.526. The number of likely N-dealkylation sites (N-methyl/N-ethyl adjacent to an activating group) is 2. The van der Waals surface area contributed by atoms with Gasteiger partial charge in [-0.3, -0.25) is 4.79 Å². The lowest BCUT2D eigenvalue weighted by molar-refractivity contribution is 0.0780. The van der Waals surface area contributed by atoms with Crippen LogP contribution in [-0.2, 0) is 7.05 Å². The van der Waals surface area contributed by atoms with Gasteiger partial charge in [-0.05, 0) is 50.7 Å². The zero-order valence-electron chi connectivity index (χ0n) is 15.3. The van der Waals surface area contributed by atoms with E-state index in [1.807, 2.05) is 24.1 Å². The largest absolute Gasteiger partial charge is 0.348 e. The molecule has 0 N–H and O–H groups in total. The smallest absolute Gasteiger partial charge is 0.253 e. The van der Waals surface area contributed by atoms with Crippen LogP contribution in [0, 0.1) is 13.8 Å². The fourth-order valence-electron chi connectivity index (χ4n) is 3.04. The van der Waals surface area contributed by atoms with Gasteiger partial charge >= 0.3 is 0 Å². The second-order valence-electron chi connectivity index (χ2n) is 6.25. The van der Waals surface area contributed by atoms with Gasteiger partial charge in [-0.1, -0.05) is 13.8 Å². The highest BCUT2D eigenvalue weighted by atomic mass is 16.2. The normalized spacial score (nSPS) is 11.4. The predicted octanol–water partition coefficient (Wildman–Crippen LogP) is 3.21. The average molecular weight is 315 g/mol. The Balaban J connectivity index is 2.19. The van der Waals surface area contributed by atoms with Crippen LogP contribution in [0.4, 0.5) is 0 Å². The average Bonchev–Trinajstić information content (AvgIpc) is 2.79. The molecule has 23 heavy (non-hydrogen) atoms. The van der Waals surface area contributed by atoms with Crippen molar-refractivity contribution in [3.05, 3.63) is 35.0 Å². The summed E-state index contributed by atoms with van der Waals surface area (Å²) in [6.45, 7) is 12.3. The van der Waals surface area contributed by atoms with E-state index >= 15 is 0 Å².